The highest BCUT2D eigenvalue weighted by atomic mass is 32.7. The minimum atomic E-state index is 0.919. The largest absolute Gasteiger partial charge is 0.0865 e. The van der Waals surface area contributed by atoms with E-state index in [0.717, 1.165) is 17.2 Å². The van der Waals surface area contributed by atoms with E-state index in [-0.39, 0.29) is 0 Å². The van der Waals surface area contributed by atoms with Gasteiger partial charge in [-0.05, 0) is 13.0 Å². The van der Waals surface area contributed by atoms with Crippen molar-refractivity contribution < 1.29 is 0 Å². The van der Waals surface area contributed by atoms with Crippen LogP contribution in [0.15, 0.2) is 30.3 Å². The Morgan fingerprint density at radius 1 is 1.36 bits per heavy atom. The molecule has 3 heteroatoms. The van der Waals surface area contributed by atoms with Crippen LogP contribution in [0, 0.1) is 0 Å². The quantitative estimate of drug-likeness (QED) is 0.527. The Labute approximate surface area is 77.6 Å². The zero-order valence-corrected chi connectivity index (χ0v) is 8.38. The lowest BCUT2D eigenvalue weighted by molar-refractivity contribution is 1.69. The molecule has 0 radical (unpaired) electrons. The van der Waals surface area contributed by atoms with E-state index in [1.165, 1.54) is 0 Å². The van der Waals surface area contributed by atoms with E-state index in [1.54, 1.807) is 11.4 Å². The summed E-state index contributed by atoms with van der Waals surface area (Å²) in [7, 11) is 1.01. The van der Waals surface area contributed by atoms with Gasteiger partial charge in [-0.3, -0.25) is 0 Å². The van der Waals surface area contributed by atoms with Gasteiger partial charge in [0.2, 0.25) is 0 Å². The first-order chi connectivity index (χ1) is 5.34. The number of hydrogen-bond acceptors (Lipinski definition) is 2. The van der Waals surface area contributed by atoms with Crippen molar-refractivity contribution in [3.8, 4) is 0 Å². The van der Waals surface area contributed by atoms with Crippen molar-refractivity contribution in [3.63, 3.8) is 0 Å². The van der Waals surface area contributed by atoms with Gasteiger partial charge in [0.25, 0.3) is 0 Å². The van der Waals surface area contributed by atoms with E-state index in [9.17, 15) is 0 Å². The maximum absolute atomic E-state index is 5.14. The molecule has 11 heavy (non-hydrogen) atoms. The first-order valence-corrected chi connectivity index (χ1v) is 5.98. The highest BCUT2D eigenvalue weighted by molar-refractivity contribution is 8.59. The Kier molecular flexibility index (Phi) is 3.78. The molecule has 0 nitrogen and oxygen atoms in total. The van der Waals surface area contributed by atoms with Crippen LogP contribution in [0.1, 0.15) is 5.56 Å². The Balaban J connectivity index is 2.77. The summed E-state index contributed by atoms with van der Waals surface area (Å²) in [4.78, 5) is 0. The van der Waals surface area contributed by atoms with Gasteiger partial charge in [0, 0.05) is 0 Å². The van der Waals surface area contributed by atoms with Crippen LogP contribution in [0.3, 0.4) is 0 Å². The summed E-state index contributed by atoms with van der Waals surface area (Å²) >= 11 is 6.71. The molecule has 0 fully saturated rings. The first kappa shape index (κ1) is 8.92. The zero-order chi connectivity index (χ0) is 8.10. The fraction of sp³-hybridized carbons (Fsp3) is 0. The predicted molar refractivity (Wildman–Crippen MR) is 59.8 cm³/mol. The minimum Gasteiger partial charge on any atom is -0.0711 e. The van der Waals surface area contributed by atoms with Crippen molar-refractivity contribution in [2.24, 2.45) is 0 Å². The Morgan fingerprint density at radius 3 is 2.55 bits per heavy atom. The van der Waals surface area contributed by atoms with Gasteiger partial charge >= 0.3 is 0 Å². The van der Waals surface area contributed by atoms with Crippen molar-refractivity contribution in [3.05, 3.63) is 35.9 Å². The average Bonchev–Trinajstić information content (AvgIpc) is 2.07. The molecule has 0 amide bonds. The third kappa shape index (κ3) is 2.74. The molecule has 1 aromatic carbocycles. The standard InChI is InChI=1S/C8H7PS2/c1-9-11-8(10)7-5-3-2-4-6-7/h2-6H,1H2. The fourth-order valence-electron chi connectivity index (χ4n) is 0.686. The lowest BCUT2D eigenvalue weighted by atomic mass is 10.2. The molecule has 0 spiro atoms. The van der Waals surface area contributed by atoms with Crippen LogP contribution in [0.25, 0.3) is 0 Å². The maximum Gasteiger partial charge on any atom is 0.0865 e. The average molecular weight is 198 g/mol. The number of benzene rings is 1. The number of hydrogen-bond donors (Lipinski definition) is 0. The molecule has 0 saturated carbocycles. The Hall–Kier alpha value is -0.170. The van der Waals surface area contributed by atoms with E-state index >= 15 is 0 Å². The maximum atomic E-state index is 5.14. The van der Waals surface area contributed by atoms with E-state index in [4.69, 9.17) is 12.2 Å². The van der Waals surface area contributed by atoms with Crippen molar-refractivity contribution in [1.82, 2.24) is 0 Å². The number of thiocarbonyl (C=S) groups is 1. The summed E-state index contributed by atoms with van der Waals surface area (Å²) in [5.41, 5.74) is 1.11. The Bertz CT molecular complexity index is 256. The second kappa shape index (κ2) is 4.66. The first-order valence-electron chi connectivity index (χ1n) is 3.07. The molecule has 0 saturated heterocycles. The molecule has 0 unspecified atom stereocenters. The van der Waals surface area contributed by atoms with Crippen molar-refractivity contribution in [2.75, 3.05) is 0 Å². The predicted octanol–water partition coefficient (Wildman–Crippen LogP) is 3.39. The molecule has 0 bridgehead atoms. The van der Waals surface area contributed by atoms with E-state index in [0.29, 0.717) is 0 Å². The third-order valence-electron chi connectivity index (χ3n) is 1.16. The molecule has 0 heterocycles. The Morgan fingerprint density at radius 2 is 2.00 bits per heavy atom. The minimum absolute atomic E-state index is 0.919. The normalized spacial score (nSPS) is 9.82. The molecule has 0 aliphatic rings. The van der Waals surface area contributed by atoms with Crippen molar-refractivity contribution in [2.45, 2.75) is 0 Å². The van der Waals surface area contributed by atoms with Crippen LogP contribution < -0.4 is 0 Å². The van der Waals surface area contributed by atoms with Gasteiger partial charge in [-0.1, -0.05) is 60.2 Å². The molecule has 0 aliphatic heterocycles. The molecule has 0 N–H and O–H groups in total. The van der Waals surface area contributed by atoms with Crippen LogP contribution in [0.5, 0.6) is 0 Å². The molecule has 1 aromatic rings. The smallest absolute Gasteiger partial charge is 0.0711 e. The highest BCUT2D eigenvalue weighted by Gasteiger charge is 1.96. The van der Waals surface area contributed by atoms with Gasteiger partial charge in [0.05, 0.1) is 4.20 Å². The highest BCUT2D eigenvalue weighted by Crippen LogP contribution is 2.23. The lowest BCUT2D eigenvalue weighted by Gasteiger charge is -1.96. The van der Waals surface area contributed by atoms with Gasteiger partial charge in [-0.2, -0.15) is 0 Å². The zero-order valence-electron chi connectivity index (χ0n) is 5.86. The topological polar surface area (TPSA) is 0 Å². The summed E-state index contributed by atoms with van der Waals surface area (Å²) in [6, 6.07) is 9.99. The van der Waals surface area contributed by atoms with Gasteiger partial charge in [-0.15, -0.1) is 0 Å². The summed E-state index contributed by atoms with van der Waals surface area (Å²) < 4.78 is 0.919. The van der Waals surface area contributed by atoms with E-state index in [1.807, 2.05) is 30.3 Å². The van der Waals surface area contributed by atoms with Crippen LogP contribution in [-0.2, 0) is 0 Å². The molecular weight excluding hydrogens is 191 g/mol. The van der Waals surface area contributed by atoms with E-state index < -0.39 is 0 Å². The lowest BCUT2D eigenvalue weighted by Crippen LogP contribution is -1.85. The summed E-state index contributed by atoms with van der Waals surface area (Å²) in [5, 5.41) is 0. The monoisotopic (exact) mass is 198 g/mol. The second-order valence-electron chi connectivity index (χ2n) is 1.87. The van der Waals surface area contributed by atoms with Gasteiger partial charge in [0.1, 0.15) is 0 Å². The van der Waals surface area contributed by atoms with Gasteiger partial charge < -0.3 is 0 Å². The second-order valence-corrected chi connectivity index (χ2v) is 4.71. The van der Waals surface area contributed by atoms with Crippen LogP contribution in [-0.4, -0.2) is 10.5 Å². The molecular formula is C8H7PS2. The van der Waals surface area contributed by atoms with Crippen LogP contribution >= 0.6 is 31.0 Å². The van der Waals surface area contributed by atoms with Gasteiger partial charge in [-0.25, -0.2) is 0 Å². The fourth-order valence-corrected chi connectivity index (χ4v) is 2.32. The molecule has 0 aliphatic carbocycles. The van der Waals surface area contributed by atoms with Crippen LogP contribution in [0.2, 0.25) is 0 Å². The summed E-state index contributed by atoms with van der Waals surface area (Å²) in [5.74, 6) is 0. The molecule has 1 rings (SSSR count). The summed E-state index contributed by atoms with van der Waals surface area (Å²) in [6.07, 6.45) is 3.70. The SMILES string of the molecule is C=PSC(=S)c1ccccc1. The number of rotatable bonds is 2. The van der Waals surface area contributed by atoms with Crippen molar-refractivity contribution >= 4 is 41.5 Å². The van der Waals surface area contributed by atoms with E-state index in [2.05, 4.69) is 6.30 Å². The van der Waals surface area contributed by atoms with Gasteiger partial charge in [0.15, 0.2) is 0 Å². The third-order valence-corrected chi connectivity index (χ3v) is 3.48. The van der Waals surface area contributed by atoms with Crippen LogP contribution in [0.4, 0.5) is 0 Å². The summed E-state index contributed by atoms with van der Waals surface area (Å²) in [6.45, 7) is 0. The molecule has 0 atom stereocenters. The van der Waals surface area contributed by atoms with Crippen molar-refractivity contribution in [1.29, 1.82) is 0 Å². The molecule has 56 valence electrons. The molecule has 0 aromatic heterocycles.